The Balaban J connectivity index is 2.38. The standard InChI is InChI=1S/C16H16O4S/c1-21(18,19)12-11-20-16-9-8-13-5-2-3-6-14(13)15(16)7-4-10-17/h2-3,5-6,8-9,17H,10-12H2,1H3. The van der Waals surface area contributed by atoms with E-state index in [2.05, 4.69) is 11.8 Å². The van der Waals surface area contributed by atoms with Gasteiger partial charge in [-0.15, -0.1) is 0 Å². The lowest BCUT2D eigenvalue weighted by atomic mass is 10.0. The highest BCUT2D eigenvalue weighted by molar-refractivity contribution is 7.90. The lowest BCUT2D eigenvalue weighted by Gasteiger charge is -2.10. The van der Waals surface area contributed by atoms with Gasteiger partial charge in [-0.05, 0) is 11.5 Å². The maximum atomic E-state index is 11.1. The molecule has 0 aliphatic rings. The van der Waals surface area contributed by atoms with Gasteiger partial charge in [-0.25, -0.2) is 8.42 Å². The van der Waals surface area contributed by atoms with Crippen molar-refractivity contribution in [1.29, 1.82) is 0 Å². The van der Waals surface area contributed by atoms with Crippen molar-refractivity contribution >= 4 is 20.6 Å². The summed E-state index contributed by atoms with van der Waals surface area (Å²) in [6.07, 6.45) is 1.17. The van der Waals surface area contributed by atoms with Crippen molar-refractivity contribution in [3.63, 3.8) is 0 Å². The normalized spacial score (nSPS) is 11.0. The number of hydrogen-bond donors (Lipinski definition) is 1. The lowest BCUT2D eigenvalue weighted by Crippen LogP contribution is -2.12. The Morgan fingerprint density at radius 3 is 2.67 bits per heavy atom. The first-order chi connectivity index (χ1) is 10.0. The van der Waals surface area contributed by atoms with E-state index in [1.165, 1.54) is 6.26 Å². The van der Waals surface area contributed by atoms with E-state index in [0.717, 1.165) is 10.8 Å². The van der Waals surface area contributed by atoms with Crippen LogP contribution in [-0.4, -0.2) is 38.7 Å². The number of fused-ring (bicyclic) bond motifs is 1. The molecule has 2 aromatic rings. The van der Waals surface area contributed by atoms with Crippen LogP contribution in [0.15, 0.2) is 36.4 Å². The summed E-state index contributed by atoms with van der Waals surface area (Å²) >= 11 is 0. The summed E-state index contributed by atoms with van der Waals surface area (Å²) in [5.41, 5.74) is 0.663. The molecule has 0 saturated carbocycles. The molecule has 21 heavy (non-hydrogen) atoms. The average Bonchev–Trinajstić information content (AvgIpc) is 2.44. The smallest absolute Gasteiger partial charge is 0.150 e. The summed E-state index contributed by atoms with van der Waals surface area (Å²) < 4.78 is 27.9. The first-order valence-corrected chi connectivity index (χ1v) is 8.49. The molecule has 0 spiro atoms. The molecule has 0 bridgehead atoms. The van der Waals surface area contributed by atoms with Crippen LogP contribution >= 0.6 is 0 Å². The van der Waals surface area contributed by atoms with Gasteiger partial charge in [0.15, 0.2) is 9.84 Å². The molecule has 0 atom stereocenters. The zero-order chi connectivity index (χ0) is 15.3. The summed E-state index contributed by atoms with van der Waals surface area (Å²) in [7, 11) is -3.07. The van der Waals surface area contributed by atoms with E-state index >= 15 is 0 Å². The summed E-state index contributed by atoms with van der Waals surface area (Å²) in [6.45, 7) is -0.170. The first kappa shape index (κ1) is 15.4. The highest BCUT2D eigenvalue weighted by Crippen LogP contribution is 2.27. The second kappa shape index (κ2) is 6.61. The Hall–Kier alpha value is -2.03. The lowest BCUT2D eigenvalue weighted by molar-refractivity contribution is 0.340. The predicted octanol–water partition coefficient (Wildman–Crippen LogP) is 1.61. The van der Waals surface area contributed by atoms with Crippen LogP contribution in [-0.2, 0) is 9.84 Å². The number of benzene rings is 2. The molecule has 5 heteroatoms. The van der Waals surface area contributed by atoms with Crippen LogP contribution in [0.1, 0.15) is 5.56 Å². The first-order valence-electron chi connectivity index (χ1n) is 6.43. The average molecular weight is 304 g/mol. The second-order valence-electron chi connectivity index (χ2n) is 4.60. The minimum absolute atomic E-state index is 0.0489. The minimum Gasteiger partial charge on any atom is -0.491 e. The van der Waals surface area contributed by atoms with Crippen LogP contribution in [0.2, 0.25) is 0 Å². The molecule has 4 nitrogen and oxygen atoms in total. The fraction of sp³-hybridized carbons (Fsp3) is 0.250. The zero-order valence-corrected chi connectivity index (χ0v) is 12.5. The van der Waals surface area contributed by atoms with E-state index in [1.54, 1.807) is 6.07 Å². The molecule has 0 radical (unpaired) electrons. The molecule has 2 rings (SSSR count). The molecule has 2 aromatic carbocycles. The maximum Gasteiger partial charge on any atom is 0.150 e. The third kappa shape index (κ3) is 4.22. The Kier molecular flexibility index (Phi) is 4.84. The Bertz CT molecular complexity index is 798. The monoisotopic (exact) mass is 304 g/mol. The largest absolute Gasteiger partial charge is 0.491 e. The Labute approximate surface area is 124 Å². The van der Waals surface area contributed by atoms with E-state index in [-0.39, 0.29) is 19.0 Å². The number of aliphatic hydroxyl groups is 1. The molecule has 110 valence electrons. The van der Waals surface area contributed by atoms with Gasteiger partial charge in [-0.3, -0.25) is 0 Å². The third-order valence-electron chi connectivity index (χ3n) is 2.89. The molecular formula is C16H16O4S. The molecule has 0 unspecified atom stereocenters. The molecule has 0 aromatic heterocycles. The van der Waals surface area contributed by atoms with Gasteiger partial charge in [0, 0.05) is 11.6 Å². The van der Waals surface area contributed by atoms with Crippen molar-refractivity contribution in [2.24, 2.45) is 0 Å². The van der Waals surface area contributed by atoms with Gasteiger partial charge in [-0.1, -0.05) is 42.2 Å². The van der Waals surface area contributed by atoms with Gasteiger partial charge in [-0.2, -0.15) is 0 Å². The van der Waals surface area contributed by atoms with E-state index in [9.17, 15) is 8.42 Å². The summed E-state index contributed by atoms with van der Waals surface area (Å²) in [6, 6.07) is 11.4. The molecule has 0 saturated heterocycles. The highest BCUT2D eigenvalue weighted by atomic mass is 32.2. The van der Waals surface area contributed by atoms with Gasteiger partial charge in [0.2, 0.25) is 0 Å². The molecule has 0 fully saturated rings. The van der Waals surface area contributed by atoms with Gasteiger partial charge < -0.3 is 9.84 Å². The van der Waals surface area contributed by atoms with Crippen molar-refractivity contribution in [2.75, 3.05) is 25.2 Å². The van der Waals surface area contributed by atoms with Crippen molar-refractivity contribution in [3.05, 3.63) is 42.0 Å². The number of aliphatic hydroxyl groups excluding tert-OH is 1. The molecule has 1 N–H and O–H groups in total. The maximum absolute atomic E-state index is 11.1. The fourth-order valence-electron chi connectivity index (χ4n) is 1.93. The van der Waals surface area contributed by atoms with Crippen molar-refractivity contribution in [1.82, 2.24) is 0 Å². The molecule has 0 aliphatic heterocycles. The van der Waals surface area contributed by atoms with Crippen LogP contribution in [0.25, 0.3) is 10.8 Å². The number of sulfone groups is 1. The third-order valence-corrected chi connectivity index (χ3v) is 3.80. The van der Waals surface area contributed by atoms with Crippen molar-refractivity contribution < 1.29 is 18.3 Å². The number of rotatable bonds is 4. The molecule has 0 amide bonds. The summed E-state index contributed by atoms with van der Waals surface area (Å²) in [4.78, 5) is 0. The van der Waals surface area contributed by atoms with Crippen LogP contribution in [0.5, 0.6) is 5.75 Å². The van der Waals surface area contributed by atoms with Gasteiger partial charge in [0.05, 0.1) is 11.3 Å². The van der Waals surface area contributed by atoms with E-state index in [1.807, 2.05) is 30.3 Å². The second-order valence-corrected chi connectivity index (χ2v) is 6.86. The minimum atomic E-state index is -3.07. The van der Waals surface area contributed by atoms with Gasteiger partial charge >= 0.3 is 0 Å². The van der Waals surface area contributed by atoms with Crippen LogP contribution < -0.4 is 4.74 Å². The number of hydrogen-bond acceptors (Lipinski definition) is 4. The van der Waals surface area contributed by atoms with Crippen LogP contribution in [0.3, 0.4) is 0 Å². The van der Waals surface area contributed by atoms with Crippen LogP contribution in [0, 0.1) is 11.8 Å². The fourth-order valence-corrected chi connectivity index (χ4v) is 2.32. The quantitative estimate of drug-likeness (QED) is 0.872. The molecular weight excluding hydrogens is 288 g/mol. The predicted molar refractivity (Wildman–Crippen MR) is 83.1 cm³/mol. The zero-order valence-electron chi connectivity index (χ0n) is 11.7. The van der Waals surface area contributed by atoms with E-state index in [4.69, 9.17) is 9.84 Å². The number of ether oxygens (including phenoxy) is 1. The topological polar surface area (TPSA) is 63.6 Å². The van der Waals surface area contributed by atoms with Gasteiger partial charge in [0.25, 0.3) is 0 Å². The SMILES string of the molecule is CS(=O)(=O)CCOc1ccc2ccccc2c1C#CCO. The van der Waals surface area contributed by atoms with Gasteiger partial charge in [0.1, 0.15) is 19.0 Å². The van der Waals surface area contributed by atoms with Crippen LogP contribution in [0.4, 0.5) is 0 Å². The Morgan fingerprint density at radius 1 is 1.19 bits per heavy atom. The van der Waals surface area contributed by atoms with Crippen molar-refractivity contribution in [3.8, 4) is 17.6 Å². The molecule has 0 heterocycles. The highest BCUT2D eigenvalue weighted by Gasteiger charge is 2.08. The molecule has 0 aliphatic carbocycles. The van der Waals surface area contributed by atoms with E-state index in [0.29, 0.717) is 11.3 Å². The van der Waals surface area contributed by atoms with E-state index < -0.39 is 9.84 Å². The summed E-state index contributed by atoms with van der Waals surface area (Å²) in [5.74, 6) is 5.97. The Morgan fingerprint density at radius 2 is 1.95 bits per heavy atom. The van der Waals surface area contributed by atoms with Crippen molar-refractivity contribution in [2.45, 2.75) is 0 Å². The summed E-state index contributed by atoms with van der Waals surface area (Å²) in [5, 5.41) is 10.8.